The first kappa shape index (κ1) is 13.3. The number of carbonyl (C=O) groups excluding carboxylic acids is 1. The Kier molecular flexibility index (Phi) is 4.77. The van der Waals surface area contributed by atoms with Crippen LogP contribution < -0.4 is 0 Å². The van der Waals surface area contributed by atoms with Gasteiger partial charge in [0.25, 0.3) is 0 Å². The van der Waals surface area contributed by atoms with Crippen LogP contribution in [0.1, 0.15) is 40.0 Å². The molecule has 0 fully saturated rings. The number of hydrogen-bond donors (Lipinski definition) is 0. The van der Waals surface area contributed by atoms with Crippen LogP contribution in [0, 0.1) is 11.8 Å². The van der Waals surface area contributed by atoms with E-state index in [0.29, 0.717) is 0 Å². The normalized spacial score (nSPS) is 10.5. The number of rotatable bonds is 3. The summed E-state index contributed by atoms with van der Waals surface area (Å²) in [6.45, 7) is 5.67. The first-order valence-corrected chi connectivity index (χ1v) is 5.76. The van der Waals surface area contributed by atoms with E-state index in [0.717, 1.165) is 19.3 Å². The average Bonchev–Trinajstić information content (AvgIpc) is 2.77. The van der Waals surface area contributed by atoms with Gasteiger partial charge in [-0.3, -0.25) is 0 Å². The van der Waals surface area contributed by atoms with Gasteiger partial charge >= 0.3 is 6.09 Å². The van der Waals surface area contributed by atoms with Gasteiger partial charge in [0.15, 0.2) is 5.60 Å². The molecule has 0 unspecified atom stereocenters. The van der Waals surface area contributed by atoms with Crippen molar-refractivity contribution in [2.45, 2.75) is 45.6 Å². The number of nitrogens with zero attached hydrogens (tertiary/aromatic N) is 2. The second-order valence-corrected chi connectivity index (χ2v) is 4.25. The van der Waals surface area contributed by atoms with Gasteiger partial charge < -0.3 is 4.74 Å². The van der Waals surface area contributed by atoms with Gasteiger partial charge in [-0.05, 0) is 20.3 Å². The fraction of sp³-hybridized carbons (Fsp3) is 0.538. The molecule has 1 rings (SSSR count). The summed E-state index contributed by atoms with van der Waals surface area (Å²) in [4.78, 5) is 15.4. The Hall–Kier alpha value is -1.76. The maximum absolute atomic E-state index is 11.6. The molecule has 0 aromatic carbocycles. The number of ether oxygens (including phenoxy) is 1. The van der Waals surface area contributed by atoms with Gasteiger partial charge in [-0.25, -0.2) is 14.3 Å². The lowest BCUT2D eigenvalue weighted by Gasteiger charge is -2.18. The molecule has 0 aliphatic rings. The molecule has 4 heteroatoms. The van der Waals surface area contributed by atoms with Crippen molar-refractivity contribution in [3.63, 3.8) is 0 Å². The fourth-order valence-electron chi connectivity index (χ4n) is 1.20. The van der Waals surface area contributed by atoms with Crippen molar-refractivity contribution in [3.05, 3.63) is 18.7 Å². The predicted molar refractivity (Wildman–Crippen MR) is 65.5 cm³/mol. The third-order valence-corrected chi connectivity index (χ3v) is 2.10. The van der Waals surface area contributed by atoms with Crippen molar-refractivity contribution in [3.8, 4) is 11.8 Å². The third kappa shape index (κ3) is 4.73. The molecule has 0 bridgehead atoms. The van der Waals surface area contributed by atoms with Crippen LogP contribution in [0.3, 0.4) is 0 Å². The minimum absolute atomic E-state index is 0.461. The Labute approximate surface area is 102 Å². The van der Waals surface area contributed by atoms with Crippen LogP contribution in [0.25, 0.3) is 0 Å². The number of carbonyl (C=O) groups is 1. The molecular formula is C13H18N2O2. The van der Waals surface area contributed by atoms with E-state index < -0.39 is 11.7 Å². The van der Waals surface area contributed by atoms with Gasteiger partial charge in [0.1, 0.15) is 6.33 Å². The molecule has 1 aromatic heterocycles. The van der Waals surface area contributed by atoms with E-state index in [1.165, 1.54) is 17.1 Å². The monoisotopic (exact) mass is 234 g/mol. The van der Waals surface area contributed by atoms with E-state index in [1.54, 1.807) is 20.0 Å². The fourth-order valence-corrected chi connectivity index (χ4v) is 1.20. The van der Waals surface area contributed by atoms with Gasteiger partial charge in [-0.2, -0.15) is 0 Å². The third-order valence-electron chi connectivity index (χ3n) is 2.10. The Morgan fingerprint density at radius 3 is 2.88 bits per heavy atom. The van der Waals surface area contributed by atoms with E-state index in [-0.39, 0.29) is 0 Å². The molecule has 0 radical (unpaired) electrons. The van der Waals surface area contributed by atoms with Crippen LogP contribution in [0.5, 0.6) is 0 Å². The summed E-state index contributed by atoms with van der Waals surface area (Å²) < 4.78 is 6.56. The van der Waals surface area contributed by atoms with E-state index in [1.807, 2.05) is 0 Å². The Balaban J connectivity index is 2.53. The smallest absolute Gasteiger partial charge is 0.420 e. The summed E-state index contributed by atoms with van der Waals surface area (Å²) in [5, 5.41) is 0. The van der Waals surface area contributed by atoms with Crippen LogP contribution in [0.4, 0.5) is 4.79 Å². The van der Waals surface area contributed by atoms with Gasteiger partial charge in [-0.1, -0.05) is 25.2 Å². The average molecular weight is 234 g/mol. The number of hydrogen-bond acceptors (Lipinski definition) is 3. The lowest BCUT2D eigenvalue weighted by molar-refractivity contribution is 0.0792. The lowest BCUT2D eigenvalue weighted by atomic mass is 10.1. The molecule has 0 spiro atoms. The molecule has 17 heavy (non-hydrogen) atoms. The maximum atomic E-state index is 11.6. The summed E-state index contributed by atoms with van der Waals surface area (Å²) >= 11 is 0. The molecule has 0 saturated heterocycles. The predicted octanol–water partition coefficient (Wildman–Crippen LogP) is 2.84. The zero-order valence-electron chi connectivity index (χ0n) is 10.6. The molecule has 1 heterocycles. The quantitative estimate of drug-likeness (QED) is 0.596. The van der Waals surface area contributed by atoms with Crippen molar-refractivity contribution < 1.29 is 9.53 Å². The van der Waals surface area contributed by atoms with Crippen molar-refractivity contribution in [2.75, 3.05) is 0 Å². The van der Waals surface area contributed by atoms with Gasteiger partial charge in [0.05, 0.1) is 0 Å². The molecule has 4 nitrogen and oxygen atoms in total. The molecule has 92 valence electrons. The first-order valence-electron chi connectivity index (χ1n) is 5.76. The highest BCUT2D eigenvalue weighted by atomic mass is 16.6. The van der Waals surface area contributed by atoms with Gasteiger partial charge in [-0.15, -0.1) is 0 Å². The molecule has 0 aliphatic carbocycles. The highest BCUT2D eigenvalue weighted by molar-refractivity contribution is 5.70. The maximum Gasteiger partial charge on any atom is 0.420 e. The van der Waals surface area contributed by atoms with Crippen LogP contribution >= 0.6 is 0 Å². The summed E-state index contributed by atoms with van der Waals surface area (Å²) in [6.07, 6.45) is 7.04. The second kappa shape index (κ2) is 6.09. The van der Waals surface area contributed by atoms with Gasteiger partial charge in [0.2, 0.25) is 0 Å². The molecule has 0 N–H and O–H groups in total. The number of unbranched alkanes of at least 4 members (excludes halogenated alkanes) is 2. The van der Waals surface area contributed by atoms with Crippen LogP contribution in [-0.2, 0) is 4.74 Å². The number of aromatic nitrogens is 2. The van der Waals surface area contributed by atoms with Crippen molar-refractivity contribution >= 4 is 6.09 Å². The van der Waals surface area contributed by atoms with E-state index in [4.69, 9.17) is 4.74 Å². The SMILES string of the molecule is CCCCC#CC(C)(C)OC(=O)n1ccnc1. The van der Waals surface area contributed by atoms with Gasteiger partial charge in [0, 0.05) is 18.8 Å². The zero-order chi connectivity index (χ0) is 12.7. The van der Waals surface area contributed by atoms with Crippen molar-refractivity contribution in [1.82, 2.24) is 9.55 Å². The standard InChI is InChI=1S/C13H18N2O2/c1-4-5-6-7-8-13(2,3)17-12(16)15-10-9-14-11-15/h9-11H,4-6H2,1-3H3. The van der Waals surface area contributed by atoms with E-state index in [9.17, 15) is 4.79 Å². The minimum Gasteiger partial charge on any atom is -0.430 e. The molecule has 0 aliphatic heterocycles. The topological polar surface area (TPSA) is 44.1 Å². The first-order chi connectivity index (χ1) is 8.05. The van der Waals surface area contributed by atoms with Crippen LogP contribution in [0.2, 0.25) is 0 Å². The van der Waals surface area contributed by atoms with E-state index >= 15 is 0 Å². The number of imidazole rings is 1. The highest BCUT2D eigenvalue weighted by Crippen LogP contribution is 2.09. The molecular weight excluding hydrogens is 216 g/mol. The van der Waals surface area contributed by atoms with E-state index in [2.05, 4.69) is 23.7 Å². The Morgan fingerprint density at radius 2 is 2.29 bits per heavy atom. The molecule has 0 saturated carbocycles. The summed E-state index contributed by atoms with van der Waals surface area (Å²) in [7, 11) is 0. The minimum atomic E-state index is -0.769. The summed E-state index contributed by atoms with van der Waals surface area (Å²) in [6, 6.07) is 0. The molecule has 0 atom stereocenters. The Bertz CT molecular complexity index is 410. The molecule has 1 aromatic rings. The van der Waals surface area contributed by atoms with Crippen molar-refractivity contribution in [2.24, 2.45) is 0 Å². The van der Waals surface area contributed by atoms with Crippen LogP contribution in [0.15, 0.2) is 18.7 Å². The van der Waals surface area contributed by atoms with Crippen molar-refractivity contribution in [1.29, 1.82) is 0 Å². The molecule has 0 amide bonds. The lowest BCUT2D eigenvalue weighted by Crippen LogP contribution is -2.28. The summed E-state index contributed by atoms with van der Waals surface area (Å²) in [5.74, 6) is 5.98. The summed E-state index contributed by atoms with van der Waals surface area (Å²) in [5.41, 5.74) is -0.769. The van der Waals surface area contributed by atoms with Crippen LogP contribution in [-0.4, -0.2) is 21.2 Å². The largest absolute Gasteiger partial charge is 0.430 e. The second-order valence-electron chi connectivity index (χ2n) is 4.25. The highest BCUT2D eigenvalue weighted by Gasteiger charge is 2.20. The zero-order valence-corrected chi connectivity index (χ0v) is 10.6. The Morgan fingerprint density at radius 1 is 1.53 bits per heavy atom.